The standard InChI is InChI=1S/C22H28O3/c1-4-6-10-16(5-2)15-19-20(25-3)14-13-18(22(19)24)21(23)17-11-8-7-9-12-17/h7-9,11-14,16,24H,4-6,10,15H2,1-3H3. The smallest absolute Gasteiger partial charge is 0.196 e. The predicted octanol–water partition coefficient (Wildman–Crippen LogP) is 5.39. The molecule has 134 valence electrons. The van der Waals surface area contributed by atoms with E-state index in [0.717, 1.165) is 31.2 Å². The molecule has 0 aliphatic heterocycles. The van der Waals surface area contributed by atoms with E-state index < -0.39 is 0 Å². The summed E-state index contributed by atoms with van der Waals surface area (Å²) in [5.41, 5.74) is 1.66. The second-order valence-corrected chi connectivity index (χ2v) is 6.46. The summed E-state index contributed by atoms with van der Waals surface area (Å²) in [6.07, 6.45) is 5.21. The van der Waals surface area contributed by atoms with Crippen LogP contribution in [0.3, 0.4) is 0 Å². The number of phenols is 1. The average molecular weight is 340 g/mol. The van der Waals surface area contributed by atoms with Gasteiger partial charge in [0.25, 0.3) is 0 Å². The van der Waals surface area contributed by atoms with Crippen LogP contribution in [0.15, 0.2) is 42.5 Å². The summed E-state index contributed by atoms with van der Waals surface area (Å²) in [4.78, 5) is 12.7. The van der Waals surface area contributed by atoms with Crippen LogP contribution in [0.5, 0.6) is 11.5 Å². The Morgan fingerprint density at radius 2 is 1.84 bits per heavy atom. The average Bonchev–Trinajstić information content (AvgIpc) is 2.66. The molecule has 0 aliphatic carbocycles. The largest absolute Gasteiger partial charge is 0.507 e. The first-order valence-electron chi connectivity index (χ1n) is 9.10. The molecule has 0 amide bonds. The molecule has 0 aromatic heterocycles. The summed E-state index contributed by atoms with van der Waals surface area (Å²) in [7, 11) is 1.60. The van der Waals surface area contributed by atoms with Crippen molar-refractivity contribution in [1.29, 1.82) is 0 Å². The van der Waals surface area contributed by atoms with Crippen LogP contribution in [0.2, 0.25) is 0 Å². The van der Waals surface area contributed by atoms with Gasteiger partial charge in [0.15, 0.2) is 5.78 Å². The van der Waals surface area contributed by atoms with Crippen LogP contribution in [-0.2, 0) is 6.42 Å². The van der Waals surface area contributed by atoms with E-state index in [2.05, 4.69) is 13.8 Å². The van der Waals surface area contributed by atoms with Crippen molar-refractivity contribution >= 4 is 5.78 Å². The molecule has 0 heterocycles. The lowest BCUT2D eigenvalue weighted by molar-refractivity contribution is 0.103. The van der Waals surface area contributed by atoms with E-state index in [1.807, 2.05) is 18.2 Å². The van der Waals surface area contributed by atoms with Crippen molar-refractivity contribution in [2.45, 2.75) is 46.0 Å². The predicted molar refractivity (Wildman–Crippen MR) is 102 cm³/mol. The fourth-order valence-corrected chi connectivity index (χ4v) is 3.17. The van der Waals surface area contributed by atoms with Crippen LogP contribution in [0.4, 0.5) is 0 Å². The lowest BCUT2D eigenvalue weighted by Crippen LogP contribution is -2.08. The van der Waals surface area contributed by atoms with Gasteiger partial charge in [-0.2, -0.15) is 0 Å². The van der Waals surface area contributed by atoms with Crippen molar-refractivity contribution in [3.63, 3.8) is 0 Å². The summed E-state index contributed by atoms with van der Waals surface area (Å²) in [6, 6.07) is 12.5. The van der Waals surface area contributed by atoms with E-state index in [9.17, 15) is 9.90 Å². The van der Waals surface area contributed by atoms with Crippen LogP contribution < -0.4 is 4.74 Å². The number of unbranched alkanes of at least 4 members (excludes halogenated alkanes) is 1. The minimum absolute atomic E-state index is 0.0585. The Kier molecular flexibility index (Phi) is 7.05. The second kappa shape index (κ2) is 9.26. The van der Waals surface area contributed by atoms with Crippen LogP contribution in [-0.4, -0.2) is 18.0 Å². The van der Waals surface area contributed by atoms with Gasteiger partial charge >= 0.3 is 0 Å². The van der Waals surface area contributed by atoms with E-state index in [1.54, 1.807) is 31.4 Å². The third-order valence-corrected chi connectivity index (χ3v) is 4.78. The molecule has 2 aromatic rings. The number of carbonyl (C=O) groups is 1. The molecule has 25 heavy (non-hydrogen) atoms. The number of phenolic OH excluding ortho intramolecular Hbond substituents is 1. The third kappa shape index (κ3) is 4.62. The number of ketones is 1. The molecule has 3 heteroatoms. The number of rotatable bonds is 9. The maximum Gasteiger partial charge on any atom is 0.196 e. The highest BCUT2D eigenvalue weighted by molar-refractivity contribution is 6.11. The zero-order valence-electron chi connectivity index (χ0n) is 15.4. The fraction of sp³-hybridized carbons (Fsp3) is 0.409. The number of aromatic hydroxyl groups is 1. The molecule has 0 bridgehead atoms. The summed E-state index contributed by atoms with van der Waals surface area (Å²) in [6.45, 7) is 4.35. The topological polar surface area (TPSA) is 46.5 Å². The van der Waals surface area contributed by atoms with Gasteiger partial charge in [-0.05, 0) is 24.5 Å². The number of benzene rings is 2. The van der Waals surface area contributed by atoms with E-state index in [1.165, 1.54) is 6.42 Å². The molecule has 0 aliphatic rings. The molecular formula is C22H28O3. The zero-order chi connectivity index (χ0) is 18.2. The Hall–Kier alpha value is -2.29. The molecule has 1 atom stereocenters. The van der Waals surface area contributed by atoms with Gasteiger partial charge in [-0.3, -0.25) is 4.79 Å². The maximum absolute atomic E-state index is 12.7. The van der Waals surface area contributed by atoms with Crippen molar-refractivity contribution in [2.24, 2.45) is 5.92 Å². The number of hydrogen-bond acceptors (Lipinski definition) is 3. The Morgan fingerprint density at radius 3 is 2.44 bits per heavy atom. The van der Waals surface area contributed by atoms with Gasteiger partial charge in [-0.15, -0.1) is 0 Å². The van der Waals surface area contributed by atoms with Crippen LogP contribution >= 0.6 is 0 Å². The molecule has 1 N–H and O–H groups in total. The zero-order valence-corrected chi connectivity index (χ0v) is 15.4. The van der Waals surface area contributed by atoms with Gasteiger partial charge in [-0.25, -0.2) is 0 Å². The lowest BCUT2D eigenvalue weighted by atomic mass is 9.89. The first kappa shape index (κ1) is 19.0. The molecule has 2 aromatic carbocycles. The fourth-order valence-electron chi connectivity index (χ4n) is 3.17. The Labute approximate surface area is 150 Å². The Bertz CT molecular complexity index is 692. The molecular weight excluding hydrogens is 312 g/mol. The van der Waals surface area contributed by atoms with E-state index >= 15 is 0 Å². The van der Waals surface area contributed by atoms with E-state index in [0.29, 0.717) is 22.8 Å². The molecule has 0 spiro atoms. The number of hydrogen-bond donors (Lipinski definition) is 1. The molecule has 0 saturated carbocycles. The molecule has 0 radical (unpaired) electrons. The highest BCUT2D eigenvalue weighted by Crippen LogP contribution is 2.36. The number of ether oxygens (including phenoxy) is 1. The van der Waals surface area contributed by atoms with Crippen LogP contribution in [0, 0.1) is 5.92 Å². The van der Waals surface area contributed by atoms with Crippen molar-refractivity contribution in [2.75, 3.05) is 7.11 Å². The molecule has 1 unspecified atom stereocenters. The monoisotopic (exact) mass is 340 g/mol. The van der Waals surface area contributed by atoms with E-state index in [-0.39, 0.29) is 11.5 Å². The molecule has 3 nitrogen and oxygen atoms in total. The quantitative estimate of drug-likeness (QED) is 0.622. The minimum Gasteiger partial charge on any atom is -0.507 e. The van der Waals surface area contributed by atoms with Crippen molar-refractivity contribution in [3.8, 4) is 11.5 Å². The molecule has 0 saturated heterocycles. The number of methoxy groups -OCH3 is 1. The van der Waals surface area contributed by atoms with Crippen molar-refractivity contribution in [1.82, 2.24) is 0 Å². The Morgan fingerprint density at radius 1 is 1.12 bits per heavy atom. The van der Waals surface area contributed by atoms with Crippen molar-refractivity contribution in [3.05, 3.63) is 59.2 Å². The first-order valence-corrected chi connectivity index (χ1v) is 9.10. The highest BCUT2D eigenvalue weighted by Gasteiger charge is 2.21. The second-order valence-electron chi connectivity index (χ2n) is 6.46. The van der Waals surface area contributed by atoms with Gasteiger partial charge in [-0.1, -0.05) is 69.9 Å². The van der Waals surface area contributed by atoms with E-state index in [4.69, 9.17) is 4.74 Å². The van der Waals surface area contributed by atoms with Crippen molar-refractivity contribution < 1.29 is 14.6 Å². The van der Waals surface area contributed by atoms with Gasteiger partial charge in [0.2, 0.25) is 0 Å². The number of carbonyl (C=O) groups excluding carboxylic acids is 1. The normalized spacial score (nSPS) is 12.0. The van der Waals surface area contributed by atoms with Gasteiger partial charge in [0.05, 0.1) is 12.7 Å². The highest BCUT2D eigenvalue weighted by atomic mass is 16.5. The van der Waals surface area contributed by atoms with Gasteiger partial charge in [0, 0.05) is 11.1 Å². The molecule has 2 rings (SSSR count). The third-order valence-electron chi connectivity index (χ3n) is 4.78. The summed E-state index contributed by atoms with van der Waals surface area (Å²) in [5.74, 6) is 1.02. The summed E-state index contributed by atoms with van der Waals surface area (Å²) >= 11 is 0. The first-order chi connectivity index (χ1) is 12.1. The summed E-state index contributed by atoms with van der Waals surface area (Å²) in [5, 5.41) is 10.8. The molecule has 0 fully saturated rings. The lowest BCUT2D eigenvalue weighted by Gasteiger charge is -2.19. The van der Waals surface area contributed by atoms with Gasteiger partial charge in [0.1, 0.15) is 11.5 Å². The maximum atomic E-state index is 12.7. The minimum atomic E-state index is -0.163. The van der Waals surface area contributed by atoms with Crippen LogP contribution in [0.1, 0.15) is 61.0 Å². The SMILES string of the molecule is CCCCC(CC)Cc1c(OC)ccc(C(=O)c2ccccc2)c1O. The summed E-state index contributed by atoms with van der Waals surface area (Å²) < 4.78 is 5.45. The Balaban J connectivity index is 2.36. The van der Waals surface area contributed by atoms with Gasteiger partial charge < -0.3 is 9.84 Å². The van der Waals surface area contributed by atoms with Crippen LogP contribution in [0.25, 0.3) is 0 Å².